The highest BCUT2D eigenvalue weighted by molar-refractivity contribution is 5.88. The Morgan fingerprint density at radius 1 is 1.00 bits per heavy atom. The van der Waals surface area contributed by atoms with Gasteiger partial charge in [0.15, 0.2) is 11.3 Å². The molecule has 1 N–H and O–H groups in total. The molecule has 0 saturated carbocycles. The first kappa shape index (κ1) is 10.7. The van der Waals surface area contributed by atoms with Crippen molar-refractivity contribution < 1.29 is 13.2 Å². The van der Waals surface area contributed by atoms with Crippen molar-refractivity contribution in [1.29, 1.82) is 0 Å². The highest BCUT2D eigenvalue weighted by atomic mass is 19.2. The molecule has 0 radical (unpaired) electrons. The van der Waals surface area contributed by atoms with Crippen molar-refractivity contribution in [3.05, 3.63) is 42.0 Å². The third kappa shape index (κ3) is 1.44. The fourth-order valence-electron chi connectivity index (χ4n) is 1.63. The smallest absolute Gasteiger partial charge is 0.252 e. The summed E-state index contributed by atoms with van der Waals surface area (Å²) >= 11 is 0. The molecule has 18 heavy (non-hydrogen) atoms. The van der Waals surface area contributed by atoms with E-state index in [-0.39, 0.29) is 16.7 Å². The Labute approximate surface area is 98.5 Å². The zero-order valence-corrected chi connectivity index (χ0v) is 8.78. The van der Waals surface area contributed by atoms with Crippen molar-refractivity contribution in [1.82, 2.24) is 20.2 Å². The van der Waals surface area contributed by atoms with E-state index in [1.165, 1.54) is 6.20 Å². The summed E-state index contributed by atoms with van der Waals surface area (Å²) in [4.78, 5) is 7.36. The van der Waals surface area contributed by atoms with E-state index in [0.29, 0.717) is 5.69 Å². The Kier molecular flexibility index (Phi) is 2.26. The van der Waals surface area contributed by atoms with Crippen molar-refractivity contribution in [2.75, 3.05) is 0 Å². The monoisotopic (exact) mass is 250 g/mol. The summed E-state index contributed by atoms with van der Waals surface area (Å²) in [5.41, 5.74) is 0.209. The van der Waals surface area contributed by atoms with Gasteiger partial charge >= 0.3 is 0 Å². The third-order valence-electron chi connectivity index (χ3n) is 2.45. The van der Waals surface area contributed by atoms with Crippen LogP contribution in [0.25, 0.3) is 22.4 Å². The number of halogens is 3. The minimum absolute atomic E-state index is 0.0925. The lowest BCUT2D eigenvalue weighted by Crippen LogP contribution is -1.96. The van der Waals surface area contributed by atoms with Crippen LogP contribution in [0.1, 0.15) is 0 Å². The zero-order valence-electron chi connectivity index (χ0n) is 8.78. The summed E-state index contributed by atoms with van der Waals surface area (Å²) in [5.74, 6) is -4.50. The van der Waals surface area contributed by atoms with E-state index >= 15 is 0 Å². The van der Waals surface area contributed by atoms with Gasteiger partial charge in [-0.05, 0) is 12.1 Å². The van der Waals surface area contributed by atoms with Crippen LogP contribution < -0.4 is 0 Å². The molecule has 3 aromatic rings. The molecule has 0 fully saturated rings. The van der Waals surface area contributed by atoms with Gasteiger partial charge in [-0.3, -0.25) is 10.1 Å². The van der Waals surface area contributed by atoms with Crippen molar-refractivity contribution in [3.63, 3.8) is 0 Å². The number of rotatable bonds is 1. The van der Waals surface area contributed by atoms with E-state index in [0.717, 1.165) is 0 Å². The van der Waals surface area contributed by atoms with E-state index in [1.807, 2.05) is 0 Å². The Morgan fingerprint density at radius 3 is 2.56 bits per heavy atom. The minimum atomic E-state index is -1.64. The van der Waals surface area contributed by atoms with E-state index < -0.39 is 17.6 Å². The molecule has 0 aromatic carbocycles. The lowest BCUT2D eigenvalue weighted by atomic mass is 10.2. The predicted octanol–water partition coefficient (Wildman–Crippen LogP) is 2.44. The molecule has 0 spiro atoms. The number of H-pyrrole nitrogens is 1. The molecular weight excluding hydrogens is 245 g/mol. The van der Waals surface area contributed by atoms with Gasteiger partial charge < -0.3 is 0 Å². The second-order valence-corrected chi connectivity index (χ2v) is 3.54. The zero-order chi connectivity index (χ0) is 12.7. The van der Waals surface area contributed by atoms with Crippen molar-refractivity contribution in [2.45, 2.75) is 0 Å². The van der Waals surface area contributed by atoms with Crippen LogP contribution in [-0.2, 0) is 0 Å². The Balaban J connectivity index is 2.34. The van der Waals surface area contributed by atoms with Crippen LogP contribution in [0.5, 0.6) is 0 Å². The minimum Gasteiger partial charge on any atom is -0.273 e. The molecule has 0 bridgehead atoms. The van der Waals surface area contributed by atoms with E-state index in [4.69, 9.17) is 0 Å². The van der Waals surface area contributed by atoms with Crippen LogP contribution in [0.2, 0.25) is 0 Å². The Bertz CT molecular complexity index is 724. The Morgan fingerprint density at radius 2 is 1.83 bits per heavy atom. The number of pyridine rings is 2. The SMILES string of the molecule is Fc1nc2c(-c3ccccn3)[nH]nc2c(F)c1F. The fourth-order valence-corrected chi connectivity index (χ4v) is 1.63. The van der Waals surface area contributed by atoms with Gasteiger partial charge in [-0.25, -0.2) is 9.37 Å². The molecule has 0 unspecified atom stereocenters. The summed E-state index contributed by atoms with van der Waals surface area (Å²) in [5, 5.41) is 6.06. The average Bonchev–Trinajstić information content (AvgIpc) is 2.81. The first-order valence-corrected chi connectivity index (χ1v) is 4.98. The lowest BCUT2D eigenvalue weighted by Gasteiger charge is -1.98. The number of aromatic amines is 1. The van der Waals surface area contributed by atoms with Crippen LogP contribution in [0, 0.1) is 17.6 Å². The van der Waals surface area contributed by atoms with E-state index in [9.17, 15) is 13.2 Å². The van der Waals surface area contributed by atoms with Crippen LogP contribution in [0.4, 0.5) is 13.2 Å². The molecule has 0 saturated heterocycles. The van der Waals surface area contributed by atoms with Crippen molar-refractivity contribution in [3.8, 4) is 11.4 Å². The quantitative estimate of drug-likeness (QED) is 0.675. The molecule has 0 aliphatic carbocycles. The highest BCUT2D eigenvalue weighted by Gasteiger charge is 2.20. The molecule has 0 atom stereocenters. The number of fused-ring (bicyclic) bond motifs is 1. The van der Waals surface area contributed by atoms with Gasteiger partial charge in [0.1, 0.15) is 11.2 Å². The normalized spacial score (nSPS) is 11.1. The molecule has 0 aliphatic heterocycles. The maximum Gasteiger partial charge on any atom is 0.252 e. The standard InChI is InChI=1S/C11H5F3N4/c12-6-7(13)11(14)16-10-8(17-18-9(6)10)5-3-1-2-4-15-5/h1-4H,(H,17,18). The molecule has 3 aromatic heterocycles. The number of nitrogens with one attached hydrogen (secondary N) is 1. The fraction of sp³-hybridized carbons (Fsp3) is 0. The van der Waals surface area contributed by atoms with E-state index in [1.54, 1.807) is 18.2 Å². The van der Waals surface area contributed by atoms with Gasteiger partial charge in [-0.2, -0.15) is 13.9 Å². The summed E-state index contributed by atoms with van der Waals surface area (Å²) in [6.45, 7) is 0. The van der Waals surface area contributed by atoms with Crippen LogP contribution in [0.15, 0.2) is 24.4 Å². The topological polar surface area (TPSA) is 54.5 Å². The predicted molar refractivity (Wildman–Crippen MR) is 57.0 cm³/mol. The van der Waals surface area contributed by atoms with E-state index in [2.05, 4.69) is 20.2 Å². The number of hydrogen-bond donors (Lipinski definition) is 1. The number of nitrogens with zero attached hydrogens (tertiary/aromatic N) is 3. The van der Waals surface area contributed by atoms with Crippen LogP contribution in [0.3, 0.4) is 0 Å². The molecule has 0 aliphatic rings. The average molecular weight is 250 g/mol. The molecular formula is C11H5F3N4. The lowest BCUT2D eigenvalue weighted by molar-refractivity contribution is 0.434. The molecule has 3 rings (SSSR count). The number of aromatic nitrogens is 4. The van der Waals surface area contributed by atoms with Gasteiger partial charge in [0, 0.05) is 6.20 Å². The second kappa shape index (κ2) is 3.80. The maximum absolute atomic E-state index is 13.4. The van der Waals surface area contributed by atoms with Crippen molar-refractivity contribution in [2.24, 2.45) is 0 Å². The van der Waals surface area contributed by atoms with Gasteiger partial charge in [0.25, 0.3) is 5.95 Å². The largest absolute Gasteiger partial charge is 0.273 e. The molecule has 7 heteroatoms. The van der Waals surface area contributed by atoms with Gasteiger partial charge in [0.2, 0.25) is 5.82 Å². The van der Waals surface area contributed by atoms with Gasteiger partial charge in [0.05, 0.1) is 5.69 Å². The van der Waals surface area contributed by atoms with Gasteiger partial charge in [-0.1, -0.05) is 6.07 Å². The second-order valence-electron chi connectivity index (χ2n) is 3.54. The number of hydrogen-bond acceptors (Lipinski definition) is 3. The first-order chi connectivity index (χ1) is 8.68. The van der Waals surface area contributed by atoms with Crippen LogP contribution >= 0.6 is 0 Å². The molecule has 90 valence electrons. The Hall–Kier alpha value is -2.44. The summed E-state index contributed by atoms with van der Waals surface area (Å²) < 4.78 is 39.5. The summed E-state index contributed by atoms with van der Waals surface area (Å²) in [6.07, 6.45) is 1.51. The third-order valence-corrected chi connectivity index (χ3v) is 2.45. The van der Waals surface area contributed by atoms with Gasteiger partial charge in [-0.15, -0.1) is 0 Å². The first-order valence-electron chi connectivity index (χ1n) is 4.98. The molecule has 0 amide bonds. The maximum atomic E-state index is 13.4. The molecule has 3 heterocycles. The van der Waals surface area contributed by atoms with Crippen molar-refractivity contribution >= 4 is 11.0 Å². The summed E-state index contributed by atoms with van der Waals surface area (Å²) in [6, 6.07) is 5.01. The molecule has 4 nitrogen and oxygen atoms in total. The highest BCUT2D eigenvalue weighted by Crippen LogP contribution is 2.26. The summed E-state index contributed by atoms with van der Waals surface area (Å²) in [7, 11) is 0. The van der Waals surface area contributed by atoms with Crippen LogP contribution in [-0.4, -0.2) is 20.2 Å².